The highest BCUT2D eigenvalue weighted by atomic mass is 32.2. The first-order chi connectivity index (χ1) is 15.6. The minimum Gasteiger partial charge on any atom is -0.478 e. The maximum Gasteiger partial charge on any atom is 0.353 e. The van der Waals surface area contributed by atoms with Crippen LogP contribution in [-0.4, -0.2) is 74.0 Å². The molecule has 176 valence electrons. The summed E-state index contributed by atoms with van der Waals surface area (Å²) in [5.74, 6) is -3.79. The molecule has 0 bridgehead atoms. The Hall–Kier alpha value is -2.89. The van der Waals surface area contributed by atoms with E-state index in [0.29, 0.717) is 23.6 Å². The number of carbonyl (C=O) groups is 4. The molecule has 4 rings (SSSR count). The Labute approximate surface area is 194 Å². The van der Waals surface area contributed by atoms with Crippen LogP contribution in [0.25, 0.3) is 0 Å². The Morgan fingerprint density at radius 1 is 1.24 bits per heavy atom. The van der Waals surface area contributed by atoms with Gasteiger partial charge < -0.3 is 30.9 Å². The lowest BCUT2D eigenvalue weighted by Gasteiger charge is -2.46. The van der Waals surface area contributed by atoms with Gasteiger partial charge in [-0.3, -0.25) is 9.59 Å². The third-order valence-corrected chi connectivity index (χ3v) is 7.90. The Bertz CT molecular complexity index is 1060. The maximum atomic E-state index is 12.7. The van der Waals surface area contributed by atoms with Crippen molar-refractivity contribution in [3.05, 3.63) is 40.4 Å². The molecule has 11 heteroatoms. The molecule has 33 heavy (non-hydrogen) atoms. The summed E-state index contributed by atoms with van der Waals surface area (Å²) in [4.78, 5) is 50.1. The smallest absolute Gasteiger partial charge is 0.353 e. The molecule has 5 N–H and O–H groups in total. The van der Waals surface area contributed by atoms with E-state index in [0.717, 1.165) is 0 Å². The molecule has 3 heterocycles. The topological polar surface area (TPSA) is 156 Å². The standard InChI is InChI=1S/C22H25N3O7S/c1-9-16-15(10(2)26)20(28)25(16)17(22(31)32)18(9)33-13-7-14(23-8-13)19(27)24-12-5-3-4-11(6-12)21(29)30/h3-6,9-10,13-16,23,26H,7-8H2,1-2H3,(H,24,27)(H,29,30)(H,31,32)/t9-,10-,13-,14-,15+,16+/m1/s1. The van der Waals surface area contributed by atoms with Crippen LogP contribution in [0.2, 0.25) is 0 Å². The lowest BCUT2D eigenvalue weighted by Crippen LogP contribution is -2.63. The molecule has 2 saturated heterocycles. The third kappa shape index (κ3) is 4.11. The number of benzene rings is 1. The molecule has 2 amide bonds. The van der Waals surface area contributed by atoms with Crippen LogP contribution in [0, 0.1) is 11.8 Å². The molecule has 1 aromatic carbocycles. The molecule has 0 saturated carbocycles. The fourth-order valence-corrected chi connectivity index (χ4v) is 6.29. The van der Waals surface area contributed by atoms with Gasteiger partial charge in [0.05, 0.1) is 29.7 Å². The van der Waals surface area contributed by atoms with Crippen molar-refractivity contribution in [1.82, 2.24) is 10.2 Å². The molecule has 0 aliphatic carbocycles. The molecular weight excluding hydrogens is 450 g/mol. The number of carboxylic acids is 2. The van der Waals surface area contributed by atoms with Crippen molar-refractivity contribution in [2.24, 2.45) is 11.8 Å². The molecular formula is C22H25N3O7S. The van der Waals surface area contributed by atoms with E-state index in [1.54, 1.807) is 12.1 Å². The number of hydrogen-bond acceptors (Lipinski definition) is 7. The number of nitrogens with zero attached hydrogens (tertiary/aromatic N) is 1. The summed E-state index contributed by atoms with van der Waals surface area (Å²) < 4.78 is 0. The number of aliphatic hydroxyl groups is 1. The molecule has 0 radical (unpaired) electrons. The fraction of sp³-hybridized carbons (Fsp3) is 0.455. The van der Waals surface area contributed by atoms with E-state index in [2.05, 4.69) is 10.6 Å². The summed E-state index contributed by atoms with van der Waals surface area (Å²) in [6, 6.07) is 5.07. The van der Waals surface area contributed by atoms with Gasteiger partial charge >= 0.3 is 11.9 Å². The number of aromatic carboxylic acids is 1. The van der Waals surface area contributed by atoms with Gasteiger partial charge in [0.15, 0.2) is 0 Å². The number of aliphatic carboxylic acids is 1. The quantitative estimate of drug-likeness (QED) is 0.362. The summed E-state index contributed by atoms with van der Waals surface area (Å²) in [7, 11) is 0. The highest BCUT2D eigenvalue weighted by Gasteiger charge is 2.60. The van der Waals surface area contributed by atoms with Crippen LogP contribution in [0.15, 0.2) is 34.9 Å². The SMILES string of the molecule is C[C@@H](O)[C@@H]1C(=O)N2C(C(=O)O)=C(S[C@H]3CN[C@@H](C(=O)Nc4cccc(C(=O)O)c4)C3)[C@H](C)[C@@H]12. The van der Waals surface area contributed by atoms with E-state index < -0.39 is 30.0 Å². The van der Waals surface area contributed by atoms with E-state index >= 15 is 0 Å². The van der Waals surface area contributed by atoms with Crippen LogP contribution in [0.4, 0.5) is 5.69 Å². The van der Waals surface area contributed by atoms with Crippen molar-refractivity contribution < 1.29 is 34.5 Å². The van der Waals surface area contributed by atoms with Crippen molar-refractivity contribution in [3.63, 3.8) is 0 Å². The zero-order valence-electron chi connectivity index (χ0n) is 18.0. The van der Waals surface area contributed by atoms with Crippen LogP contribution in [0.3, 0.4) is 0 Å². The second-order valence-corrected chi connectivity index (χ2v) is 9.93. The van der Waals surface area contributed by atoms with Crippen LogP contribution in [0.5, 0.6) is 0 Å². The predicted molar refractivity (Wildman–Crippen MR) is 119 cm³/mol. The number of fused-ring (bicyclic) bond motifs is 1. The van der Waals surface area contributed by atoms with Gasteiger partial charge in [0.2, 0.25) is 11.8 Å². The number of hydrogen-bond donors (Lipinski definition) is 5. The minimum absolute atomic E-state index is 0.0298. The van der Waals surface area contributed by atoms with Gasteiger partial charge in [-0.15, -0.1) is 11.8 Å². The number of carboxylic acid groups (broad SMARTS) is 2. The fourth-order valence-electron chi connectivity index (χ4n) is 4.81. The summed E-state index contributed by atoms with van der Waals surface area (Å²) in [6.07, 6.45) is -0.419. The second-order valence-electron chi connectivity index (χ2n) is 8.58. The normalized spacial score (nSPS) is 29.5. The maximum absolute atomic E-state index is 12.7. The van der Waals surface area contributed by atoms with E-state index in [9.17, 15) is 29.4 Å². The average Bonchev–Trinajstić information content (AvgIpc) is 3.30. The number of amides is 2. The van der Waals surface area contributed by atoms with Crippen LogP contribution >= 0.6 is 11.8 Å². The molecule has 3 aliphatic rings. The Kier molecular flexibility index (Phi) is 6.21. The van der Waals surface area contributed by atoms with Crippen molar-refractivity contribution in [3.8, 4) is 0 Å². The van der Waals surface area contributed by atoms with E-state index in [1.807, 2.05) is 6.92 Å². The van der Waals surface area contributed by atoms with Crippen molar-refractivity contribution >= 4 is 41.2 Å². The summed E-state index contributed by atoms with van der Waals surface area (Å²) in [5.41, 5.74) is 0.418. The van der Waals surface area contributed by atoms with Gasteiger partial charge in [-0.25, -0.2) is 9.59 Å². The lowest BCUT2D eigenvalue weighted by molar-refractivity contribution is -0.163. The Balaban J connectivity index is 1.43. The first-order valence-electron chi connectivity index (χ1n) is 10.6. The van der Waals surface area contributed by atoms with E-state index in [1.165, 1.54) is 35.7 Å². The summed E-state index contributed by atoms with van der Waals surface area (Å²) >= 11 is 1.36. The molecule has 0 unspecified atom stereocenters. The second kappa shape index (κ2) is 8.81. The van der Waals surface area contributed by atoms with Gasteiger partial charge in [-0.05, 0) is 31.5 Å². The highest BCUT2D eigenvalue weighted by molar-refractivity contribution is 8.03. The van der Waals surface area contributed by atoms with Crippen LogP contribution < -0.4 is 10.6 Å². The minimum atomic E-state index is -1.18. The molecule has 2 fully saturated rings. The Morgan fingerprint density at radius 2 is 1.97 bits per heavy atom. The Morgan fingerprint density at radius 3 is 2.61 bits per heavy atom. The molecule has 1 aromatic rings. The molecule has 6 atom stereocenters. The zero-order chi connectivity index (χ0) is 24.0. The molecule has 3 aliphatic heterocycles. The number of nitrogens with one attached hydrogen (secondary N) is 2. The summed E-state index contributed by atoms with van der Waals surface area (Å²) in [6.45, 7) is 3.87. The zero-order valence-corrected chi connectivity index (χ0v) is 18.8. The number of aliphatic hydroxyl groups excluding tert-OH is 1. The van der Waals surface area contributed by atoms with E-state index in [4.69, 9.17) is 5.11 Å². The molecule has 0 aromatic heterocycles. The molecule has 10 nitrogen and oxygen atoms in total. The number of thioether (sulfide) groups is 1. The average molecular weight is 476 g/mol. The van der Waals surface area contributed by atoms with Crippen molar-refractivity contribution in [1.29, 1.82) is 0 Å². The largest absolute Gasteiger partial charge is 0.478 e. The molecule has 0 spiro atoms. The van der Waals surface area contributed by atoms with E-state index in [-0.39, 0.29) is 40.3 Å². The van der Waals surface area contributed by atoms with Crippen LogP contribution in [0.1, 0.15) is 30.6 Å². The van der Waals surface area contributed by atoms with Gasteiger partial charge in [-0.2, -0.15) is 0 Å². The number of anilines is 1. The number of β-lactam (4-membered cyclic amide) rings is 1. The van der Waals surface area contributed by atoms with Gasteiger partial charge in [-0.1, -0.05) is 13.0 Å². The number of carbonyl (C=O) groups excluding carboxylic acids is 2. The first-order valence-corrected chi connectivity index (χ1v) is 11.5. The number of rotatable bonds is 7. The monoisotopic (exact) mass is 475 g/mol. The third-order valence-electron chi connectivity index (χ3n) is 6.39. The van der Waals surface area contributed by atoms with Crippen molar-refractivity contribution in [2.75, 3.05) is 11.9 Å². The van der Waals surface area contributed by atoms with Gasteiger partial charge in [0.25, 0.3) is 0 Å². The highest BCUT2D eigenvalue weighted by Crippen LogP contribution is 2.51. The lowest BCUT2D eigenvalue weighted by atomic mass is 9.79. The predicted octanol–water partition coefficient (Wildman–Crippen LogP) is 0.941. The van der Waals surface area contributed by atoms with Gasteiger partial charge in [0, 0.05) is 28.3 Å². The van der Waals surface area contributed by atoms with Crippen LogP contribution in [-0.2, 0) is 14.4 Å². The van der Waals surface area contributed by atoms with Crippen molar-refractivity contribution in [2.45, 2.75) is 43.7 Å². The summed E-state index contributed by atoms with van der Waals surface area (Å²) in [5, 5.41) is 34.6. The first kappa shape index (κ1) is 23.3. The van der Waals surface area contributed by atoms with Gasteiger partial charge in [0.1, 0.15) is 5.70 Å².